The molecule has 2 aliphatic heterocycles. The number of carbonyl (C=O) groups is 5. The van der Waals surface area contributed by atoms with Crippen LogP contribution >= 0.6 is 11.8 Å². The summed E-state index contributed by atoms with van der Waals surface area (Å²) in [5, 5.41) is 11.2. The molecule has 11 nitrogen and oxygen atoms in total. The van der Waals surface area contributed by atoms with Crippen molar-refractivity contribution in [3.05, 3.63) is 29.5 Å². The molecule has 29 heavy (non-hydrogen) atoms. The van der Waals surface area contributed by atoms with E-state index < -0.39 is 40.4 Å². The van der Waals surface area contributed by atoms with Crippen molar-refractivity contribution in [3.63, 3.8) is 0 Å². The molecule has 0 aromatic carbocycles. The minimum Gasteiger partial charge on any atom is -0.477 e. The lowest BCUT2D eigenvalue weighted by atomic mass is 9.82. The number of carboxylic acids is 1. The number of esters is 1. The number of ether oxygens (including phenoxy) is 1. The Morgan fingerprint density at radius 1 is 1.41 bits per heavy atom. The van der Waals surface area contributed by atoms with Gasteiger partial charge in [-0.05, 0) is 6.92 Å². The number of hydrogen-bond acceptors (Lipinski definition) is 8. The number of β-lactam (4-membered cyclic amide) rings is 1. The van der Waals surface area contributed by atoms with E-state index in [1.807, 2.05) is 0 Å². The Morgan fingerprint density at radius 3 is 2.69 bits per heavy atom. The molecule has 12 heteroatoms. The second-order valence-electron chi connectivity index (χ2n) is 6.50. The summed E-state index contributed by atoms with van der Waals surface area (Å²) in [6, 6.07) is 0. The Bertz CT molecular complexity index is 926. The number of hydrogen-bond donors (Lipinski definition) is 3. The van der Waals surface area contributed by atoms with Gasteiger partial charge in [-0.25, -0.2) is 9.78 Å². The van der Waals surface area contributed by atoms with Gasteiger partial charge in [0.05, 0.1) is 6.42 Å². The minimum absolute atomic E-state index is 0.118. The van der Waals surface area contributed by atoms with Crippen LogP contribution in [0.15, 0.2) is 23.7 Å². The first-order valence-electron chi connectivity index (χ1n) is 8.52. The number of H-pyrrole nitrogens is 1. The summed E-state index contributed by atoms with van der Waals surface area (Å²) in [7, 11) is 0. The molecule has 0 aliphatic carbocycles. The molecule has 0 spiro atoms. The van der Waals surface area contributed by atoms with Crippen LogP contribution in [-0.2, 0) is 35.1 Å². The normalized spacial score (nSPS) is 23.2. The number of rotatable bonds is 7. The average molecular weight is 422 g/mol. The van der Waals surface area contributed by atoms with Crippen LogP contribution < -0.4 is 5.32 Å². The fourth-order valence-corrected chi connectivity index (χ4v) is 4.76. The van der Waals surface area contributed by atoms with E-state index in [1.165, 1.54) is 26.2 Å². The Labute approximate surface area is 168 Å². The molecule has 3 N–H and O–H groups in total. The molecule has 0 unspecified atom stereocenters. The van der Waals surface area contributed by atoms with Crippen molar-refractivity contribution in [2.24, 2.45) is 0 Å². The molecule has 154 valence electrons. The first-order valence-corrected chi connectivity index (χ1v) is 9.57. The lowest BCUT2D eigenvalue weighted by Gasteiger charge is -2.55. The molecule has 3 rings (SSSR count). The van der Waals surface area contributed by atoms with Crippen molar-refractivity contribution in [2.75, 3.05) is 12.4 Å². The second kappa shape index (κ2) is 7.70. The molecule has 2 amide bonds. The number of ketones is 1. The molecule has 1 aromatic heterocycles. The van der Waals surface area contributed by atoms with E-state index in [2.05, 4.69) is 15.3 Å². The first-order chi connectivity index (χ1) is 13.7. The molecule has 0 bridgehead atoms. The van der Waals surface area contributed by atoms with Crippen LogP contribution in [0.3, 0.4) is 0 Å². The molecule has 0 saturated carbocycles. The maximum Gasteiger partial charge on any atom is 0.352 e. The third-order valence-electron chi connectivity index (χ3n) is 4.58. The number of nitrogens with one attached hydrogen (secondary N) is 2. The number of amides is 2. The molecule has 3 heterocycles. The maximum absolute atomic E-state index is 12.9. The first kappa shape index (κ1) is 20.6. The summed E-state index contributed by atoms with van der Waals surface area (Å²) >= 11 is 1.12. The summed E-state index contributed by atoms with van der Waals surface area (Å²) < 4.78 is 4.87. The molecular formula is C17H18N4O7S. The van der Waals surface area contributed by atoms with Gasteiger partial charge in [0.1, 0.15) is 23.5 Å². The lowest BCUT2D eigenvalue weighted by molar-refractivity contribution is -0.163. The summed E-state index contributed by atoms with van der Waals surface area (Å²) in [6.07, 6.45) is 2.82. The molecule has 2 atom stereocenters. The molecule has 1 aromatic rings. The van der Waals surface area contributed by atoms with Crippen LogP contribution in [0, 0.1) is 0 Å². The minimum atomic E-state index is -1.86. The van der Waals surface area contributed by atoms with Crippen molar-refractivity contribution in [1.82, 2.24) is 20.2 Å². The van der Waals surface area contributed by atoms with Gasteiger partial charge in [0.15, 0.2) is 5.78 Å². The predicted molar refractivity (Wildman–Crippen MR) is 98.2 cm³/mol. The van der Waals surface area contributed by atoms with Gasteiger partial charge >= 0.3 is 11.9 Å². The Morgan fingerprint density at radius 2 is 2.14 bits per heavy atom. The van der Waals surface area contributed by atoms with Crippen LogP contribution in [0.25, 0.3) is 0 Å². The van der Waals surface area contributed by atoms with Gasteiger partial charge in [0, 0.05) is 30.6 Å². The Kier molecular flexibility index (Phi) is 5.46. The number of thioether (sulfide) groups is 1. The Hall–Kier alpha value is -3.15. The number of nitrogens with zero attached hydrogens (tertiary/aromatic N) is 2. The van der Waals surface area contributed by atoms with Crippen molar-refractivity contribution < 1.29 is 33.8 Å². The van der Waals surface area contributed by atoms with Crippen LogP contribution in [0.2, 0.25) is 0 Å². The second-order valence-corrected chi connectivity index (χ2v) is 7.57. The number of aliphatic carboxylic acids is 1. The highest BCUT2D eigenvalue weighted by Gasteiger charge is 2.68. The average Bonchev–Trinajstić information content (AvgIpc) is 3.15. The molecule has 2 aliphatic rings. The fraction of sp³-hybridized carbons (Fsp3) is 0.412. The molecule has 1 fully saturated rings. The zero-order valence-electron chi connectivity index (χ0n) is 15.6. The summed E-state index contributed by atoms with van der Waals surface area (Å²) in [6.45, 7) is 2.07. The van der Waals surface area contributed by atoms with E-state index in [-0.39, 0.29) is 30.1 Å². The number of aromatic nitrogens is 2. The van der Waals surface area contributed by atoms with Crippen LogP contribution in [0.5, 0.6) is 0 Å². The van der Waals surface area contributed by atoms with Gasteiger partial charge in [-0.1, -0.05) is 0 Å². The van der Waals surface area contributed by atoms with Crippen LogP contribution in [-0.4, -0.2) is 72.8 Å². The maximum atomic E-state index is 12.9. The van der Waals surface area contributed by atoms with Crippen molar-refractivity contribution in [3.8, 4) is 0 Å². The van der Waals surface area contributed by atoms with E-state index in [0.29, 0.717) is 5.82 Å². The van der Waals surface area contributed by atoms with Gasteiger partial charge in [-0.3, -0.25) is 24.1 Å². The highest BCUT2D eigenvalue weighted by molar-refractivity contribution is 8.00. The van der Waals surface area contributed by atoms with Gasteiger partial charge in [-0.2, -0.15) is 0 Å². The standard InChI is InChI=1S/C17H18N4O7S/c1-8(22)17(20-12(24)5-11-18-3-4-19-11)15(27)21-13(14(25)26)10(6-28-9(2)23)7-29-16(17)21/h3-4,16H,5-7H2,1-2H3,(H,18,19)(H,20,24)(H,25,26)/t16-,17+/m1/s1. The van der Waals surface area contributed by atoms with Crippen molar-refractivity contribution >= 4 is 41.3 Å². The largest absolute Gasteiger partial charge is 0.477 e. The molecule has 1 saturated heterocycles. The van der Waals surface area contributed by atoms with E-state index in [0.717, 1.165) is 16.7 Å². The highest BCUT2D eigenvalue weighted by atomic mass is 32.2. The number of carboxylic acid groups (broad SMARTS) is 1. The summed E-state index contributed by atoms with van der Waals surface area (Å²) in [4.78, 5) is 68.2. The fourth-order valence-electron chi connectivity index (χ4n) is 3.26. The predicted octanol–water partition coefficient (Wildman–Crippen LogP) is -0.787. The van der Waals surface area contributed by atoms with Gasteiger partial charge < -0.3 is 20.1 Å². The van der Waals surface area contributed by atoms with Crippen LogP contribution in [0.1, 0.15) is 19.7 Å². The van der Waals surface area contributed by atoms with E-state index in [4.69, 9.17) is 4.74 Å². The third-order valence-corrected chi connectivity index (χ3v) is 5.97. The summed E-state index contributed by atoms with van der Waals surface area (Å²) in [5.41, 5.74) is -1.96. The van der Waals surface area contributed by atoms with Gasteiger partial charge in [-0.15, -0.1) is 11.8 Å². The number of imidazole rings is 1. The SMILES string of the molecule is CC(=O)OCC1=C(C(=O)O)N2C(=O)[C@@](NC(=O)Cc3ncc[nH]3)(C(C)=O)[C@H]2SC1. The topological polar surface area (TPSA) is 159 Å². The lowest BCUT2D eigenvalue weighted by Crippen LogP contribution is -2.82. The number of fused-ring (bicyclic) bond motifs is 1. The van der Waals surface area contributed by atoms with E-state index >= 15 is 0 Å². The van der Waals surface area contributed by atoms with Gasteiger partial charge in [0.2, 0.25) is 11.4 Å². The number of carbonyl (C=O) groups excluding carboxylic acids is 4. The third kappa shape index (κ3) is 3.50. The van der Waals surface area contributed by atoms with E-state index in [1.54, 1.807) is 0 Å². The Balaban J connectivity index is 1.87. The van der Waals surface area contributed by atoms with Crippen molar-refractivity contribution in [2.45, 2.75) is 31.2 Å². The highest BCUT2D eigenvalue weighted by Crippen LogP contribution is 2.46. The monoisotopic (exact) mass is 422 g/mol. The zero-order chi connectivity index (χ0) is 21.3. The molecular weight excluding hydrogens is 404 g/mol. The van der Waals surface area contributed by atoms with Gasteiger partial charge in [0.25, 0.3) is 5.91 Å². The zero-order valence-corrected chi connectivity index (χ0v) is 16.4. The quantitative estimate of drug-likeness (QED) is 0.291. The van der Waals surface area contributed by atoms with E-state index in [9.17, 15) is 29.1 Å². The molecule has 0 radical (unpaired) electrons. The van der Waals surface area contributed by atoms with Crippen LogP contribution in [0.4, 0.5) is 0 Å². The number of Topliss-reactive ketones (excluding diaryl/α,β-unsaturated/α-hetero) is 1. The smallest absolute Gasteiger partial charge is 0.352 e. The summed E-state index contributed by atoms with van der Waals surface area (Å²) in [5.74, 6) is -3.54. The number of aromatic amines is 1. The van der Waals surface area contributed by atoms with Crippen molar-refractivity contribution in [1.29, 1.82) is 0 Å².